The van der Waals surface area contributed by atoms with E-state index in [1.807, 2.05) is 12.1 Å². The van der Waals surface area contributed by atoms with Crippen molar-refractivity contribution < 1.29 is 14.3 Å². The summed E-state index contributed by atoms with van der Waals surface area (Å²) in [4.78, 5) is 11.1. The third kappa shape index (κ3) is 6.56. The number of rotatable bonds is 9. The van der Waals surface area contributed by atoms with Crippen LogP contribution in [0, 0.1) is 5.92 Å². The Morgan fingerprint density at radius 3 is 2.59 bits per heavy atom. The van der Waals surface area contributed by atoms with E-state index in [0.29, 0.717) is 36.4 Å². The van der Waals surface area contributed by atoms with Crippen molar-refractivity contribution in [3.8, 4) is 5.75 Å². The average Bonchev–Trinajstić information content (AvgIpc) is 2.51. The molecule has 0 aliphatic heterocycles. The Hall–Kier alpha value is -1.42. The standard InChI is InChI=1S/C17H26ClNO3/c1-4-13(5-2)11-14-7-8-16(15(18)12-14)22-10-9-19-17(20)21-6-3/h7-8,12-13H,4-6,9-11H2,1-3H3,(H,19,20). The van der Waals surface area contributed by atoms with Crippen LogP contribution in [0.3, 0.4) is 0 Å². The van der Waals surface area contributed by atoms with E-state index in [1.54, 1.807) is 6.92 Å². The van der Waals surface area contributed by atoms with Gasteiger partial charge in [0.1, 0.15) is 12.4 Å². The molecule has 1 aromatic carbocycles. The molecule has 0 bridgehead atoms. The fraction of sp³-hybridized carbons (Fsp3) is 0.588. The summed E-state index contributed by atoms with van der Waals surface area (Å²) < 4.78 is 10.3. The molecule has 4 nitrogen and oxygen atoms in total. The largest absolute Gasteiger partial charge is 0.490 e. The second-order valence-corrected chi connectivity index (χ2v) is 5.55. The lowest BCUT2D eigenvalue weighted by molar-refractivity contribution is 0.150. The summed E-state index contributed by atoms with van der Waals surface area (Å²) >= 11 is 6.25. The van der Waals surface area contributed by atoms with Crippen molar-refractivity contribution in [3.05, 3.63) is 28.8 Å². The molecular formula is C17H26ClNO3. The second-order valence-electron chi connectivity index (χ2n) is 5.15. The molecule has 0 radical (unpaired) electrons. The minimum atomic E-state index is -0.433. The van der Waals surface area contributed by atoms with Gasteiger partial charge >= 0.3 is 6.09 Å². The first-order valence-electron chi connectivity index (χ1n) is 7.92. The molecule has 0 atom stereocenters. The second kappa shape index (κ2) is 10.3. The Kier molecular flexibility index (Phi) is 8.75. The molecule has 0 unspecified atom stereocenters. The number of carbonyl (C=O) groups excluding carboxylic acids is 1. The monoisotopic (exact) mass is 327 g/mol. The first-order chi connectivity index (χ1) is 10.6. The molecule has 0 aromatic heterocycles. The number of alkyl carbamates (subject to hydrolysis) is 1. The van der Waals surface area contributed by atoms with Crippen molar-refractivity contribution in [3.63, 3.8) is 0 Å². The predicted molar refractivity (Wildman–Crippen MR) is 89.7 cm³/mol. The zero-order chi connectivity index (χ0) is 16.4. The Bertz CT molecular complexity index is 461. The Morgan fingerprint density at radius 1 is 1.27 bits per heavy atom. The van der Waals surface area contributed by atoms with Crippen molar-refractivity contribution in [2.75, 3.05) is 19.8 Å². The van der Waals surface area contributed by atoms with Gasteiger partial charge in [-0.15, -0.1) is 0 Å². The van der Waals surface area contributed by atoms with Crippen LogP contribution in [-0.2, 0) is 11.2 Å². The van der Waals surface area contributed by atoms with Crippen LogP contribution in [0.5, 0.6) is 5.75 Å². The summed E-state index contributed by atoms with van der Waals surface area (Å²) in [5.41, 5.74) is 1.23. The molecule has 0 aliphatic rings. The normalized spacial score (nSPS) is 10.6. The lowest BCUT2D eigenvalue weighted by atomic mass is 9.95. The van der Waals surface area contributed by atoms with Crippen molar-refractivity contribution >= 4 is 17.7 Å². The lowest BCUT2D eigenvalue weighted by Gasteiger charge is -2.14. The molecule has 5 heteroatoms. The predicted octanol–water partition coefficient (Wildman–Crippen LogP) is 4.44. The van der Waals surface area contributed by atoms with Crippen LogP contribution in [-0.4, -0.2) is 25.9 Å². The molecule has 124 valence electrons. The van der Waals surface area contributed by atoms with Crippen molar-refractivity contribution in [1.29, 1.82) is 0 Å². The van der Waals surface area contributed by atoms with Gasteiger partial charge in [0.25, 0.3) is 0 Å². The Balaban J connectivity index is 2.43. The molecule has 0 aliphatic carbocycles. The van der Waals surface area contributed by atoms with Gasteiger partial charge in [0.2, 0.25) is 0 Å². The molecule has 0 saturated heterocycles. The number of benzene rings is 1. The highest BCUT2D eigenvalue weighted by Gasteiger charge is 2.08. The smallest absolute Gasteiger partial charge is 0.407 e. The number of hydrogen-bond donors (Lipinski definition) is 1. The van der Waals surface area contributed by atoms with Crippen LogP contribution in [0.4, 0.5) is 4.79 Å². The third-order valence-corrected chi connectivity index (χ3v) is 3.88. The summed E-state index contributed by atoms with van der Waals surface area (Å²) in [6.07, 6.45) is 2.95. The van der Waals surface area contributed by atoms with Crippen LogP contribution in [0.2, 0.25) is 5.02 Å². The lowest BCUT2D eigenvalue weighted by Crippen LogP contribution is -2.28. The van der Waals surface area contributed by atoms with Gasteiger partial charge in [-0.05, 0) is 37.0 Å². The van der Waals surface area contributed by atoms with E-state index in [1.165, 1.54) is 18.4 Å². The maximum atomic E-state index is 11.1. The number of ether oxygens (including phenoxy) is 2. The Morgan fingerprint density at radius 2 is 2.00 bits per heavy atom. The van der Waals surface area contributed by atoms with Gasteiger partial charge < -0.3 is 14.8 Å². The molecule has 22 heavy (non-hydrogen) atoms. The van der Waals surface area contributed by atoms with E-state index < -0.39 is 6.09 Å². The van der Waals surface area contributed by atoms with Crippen molar-refractivity contribution in [2.24, 2.45) is 5.92 Å². The van der Waals surface area contributed by atoms with Gasteiger partial charge in [-0.2, -0.15) is 0 Å². The van der Waals surface area contributed by atoms with Gasteiger partial charge in [-0.1, -0.05) is 44.4 Å². The van der Waals surface area contributed by atoms with Gasteiger partial charge in [0.15, 0.2) is 0 Å². The summed E-state index contributed by atoms with van der Waals surface area (Å²) in [6.45, 7) is 7.28. The maximum Gasteiger partial charge on any atom is 0.407 e. The number of nitrogens with one attached hydrogen (secondary N) is 1. The van der Waals surface area contributed by atoms with Crippen molar-refractivity contribution in [1.82, 2.24) is 5.32 Å². The zero-order valence-corrected chi connectivity index (χ0v) is 14.4. The topological polar surface area (TPSA) is 47.6 Å². The number of halogens is 1. The molecule has 0 fully saturated rings. The summed E-state index contributed by atoms with van der Waals surface area (Å²) in [7, 11) is 0. The Labute approximate surface area is 138 Å². The highest BCUT2D eigenvalue weighted by molar-refractivity contribution is 6.32. The van der Waals surface area contributed by atoms with Crippen LogP contribution in [0.25, 0.3) is 0 Å². The van der Waals surface area contributed by atoms with E-state index in [9.17, 15) is 4.79 Å². The van der Waals surface area contributed by atoms with Crippen LogP contribution in [0.1, 0.15) is 39.2 Å². The molecule has 1 aromatic rings. The molecule has 1 amide bonds. The molecule has 0 heterocycles. The van der Waals surface area contributed by atoms with Gasteiger partial charge in [-0.3, -0.25) is 0 Å². The van der Waals surface area contributed by atoms with E-state index in [-0.39, 0.29) is 0 Å². The number of carbonyl (C=O) groups is 1. The van der Waals surface area contributed by atoms with Gasteiger partial charge in [0.05, 0.1) is 18.2 Å². The molecule has 0 saturated carbocycles. The zero-order valence-electron chi connectivity index (χ0n) is 13.7. The quantitative estimate of drug-likeness (QED) is 0.682. The highest BCUT2D eigenvalue weighted by Crippen LogP contribution is 2.27. The van der Waals surface area contributed by atoms with E-state index in [0.717, 1.165) is 6.42 Å². The van der Waals surface area contributed by atoms with Gasteiger partial charge in [-0.25, -0.2) is 4.79 Å². The highest BCUT2D eigenvalue weighted by atomic mass is 35.5. The maximum absolute atomic E-state index is 11.1. The summed E-state index contributed by atoms with van der Waals surface area (Å²) in [6, 6.07) is 5.91. The SMILES string of the molecule is CCOC(=O)NCCOc1ccc(CC(CC)CC)cc1Cl. The van der Waals surface area contributed by atoms with E-state index in [2.05, 4.69) is 25.2 Å². The molecule has 1 N–H and O–H groups in total. The third-order valence-electron chi connectivity index (χ3n) is 3.58. The summed E-state index contributed by atoms with van der Waals surface area (Å²) in [5, 5.41) is 3.21. The summed E-state index contributed by atoms with van der Waals surface area (Å²) in [5.74, 6) is 1.33. The minimum absolute atomic E-state index is 0.352. The molecule has 1 rings (SSSR count). The average molecular weight is 328 g/mol. The van der Waals surface area contributed by atoms with Crippen molar-refractivity contribution in [2.45, 2.75) is 40.0 Å². The number of hydrogen-bond acceptors (Lipinski definition) is 3. The first-order valence-corrected chi connectivity index (χ1v) is 8.30. The van der Waals surface area contributed by atoms with Crippen LogP contribution in [0.15, 0.2) is 18.2 Å². The van der Waals surface area contributed by atoms with E-state index >= 15 is 0 Å². The fourth-order valence-electron chi connectivity index (χ4n) is 2.20. The molecular weight excluding hydrogens is 302 g/mol. The van der Waals surface area contributed by atoms with E-state index in [4.69, 9.17) is 21.1 Å². The number of amides is 1. The van der Waals surface area contributed by atoms with Crippen LogP contribution >= 0.6 is 11.6 Å². The fourth-order valence-corrected chi connectivity index (χ4v) is 2.45. The molecule has 0 spiro atoms. The van der Waals surface area contributed by atoms with Crippen LogP contribution < -0.4 is 10.1 Å². The first kappa shape index (κ1) is 18.6. The minimum Gasteiger partial charge on any atom is -0.490 e. The van der Waals surface area contributed by atoms with Gasteiger partial charge in [0, 0.05) is 0 Å².